The normalized spacial score (nSPS) is 23.6. The van der Waals surface area contributed by atoms with Crippen molar-refractivity contribution in [2.75, 3.05) is 5.32 Å². The summed E-state index contributed by atoms with van der Waals surface area (Å²) < 4.78 is 13.4. The number of anilines is 1. The van der Waals surface area contributed by atoms with Crippen LogP contribution in [-0.2, 0) is 4.79 Å². The number of carboxylic acid groups (broad SMARTS) is 1. The predicted octanol–water partition coefficient (Wildman–Crippen LogP) is 1.93. The highest BCUT2D eigenvalue weighted by molar-refractivity contribution is 6.28. The molecule has 7 heteroatoms. The number of nitrogens with zero attached hydrogens (tertiary/aromatic N) is 2. The van der Waals surface area contributed by atoms with Crippen molar-refractivity contribution in [1.29, 1.82) is 0 Å². The second kappa shape index (κ2) is 4.83. The number of aliphatic carboxylic acids is 1. The van der Waals surface area contributed by atoms with Gasteiger partial charge in [0, 0.05) is 6.04 Å². The molecule has 2 atom stereocenters. The molecule has 0 spiro atoms. The summed E-state index contributed by atoms with van der Waals surface area (Å²) in [6, 6.07) is -0.312. The zero-order chi connectivity index (χ0) is 12.4. The lowest BCUT2D eigenvalue weighted by atomic mass is 10.0. The number of carbonyl (C=O) groups is 1. The van der Waals surface area contributed by atoms with Gasteiger partial charge in [0.1, 0.15) is 0 Å². The highest BCUT2D eigenvalue weighted by Gasteiger charge is 2.33. The predicted molar refractivity (Wildman–Crippen MR) is 59.4 cm³/mol. The van der Waals surface area contributed by atoms with Gasteiger partial charge < -0.3 is 10.4 Å². The fourth-order valence-corrected chi connectivity index (χ4v) is 2.18. The fraction of sp³-hybridized carbons (Fsp3) is 0.500. The molecule has 0 aromatic carbocycles. The summed E-state index contributed by atoms with van der Waals surface area (Å²) in [5.41, 5.74) is 0. The number of aromatic nitrogens is 2. The fourth-order valence-electron chi connectivity index (χ4n) is 2.05. The molecule has 1 aromatic rings. The summed E-state index contributed by atoms with van der Waals surface area (Å²) >= 11 is 5.56. The third-order valence-electron chi connectivity index (χ3n) is 2.87. The number of halogens is 2. The van der Waals surface area contributed by atoms with Gasteiger partial charge in [-0.1, -0.05) is 6.42 Å². The van der Waals surface area contributed by atoms with Gasteiger partial charge in [-0.15, -0.1) is 0 Å². The van der Waals surface area contributed by atoms with E-state index in [4.69, 9.17) is 16.7 Å². The van der Waals surface area contributed by atoms with Gasteiger partial charge in [0.2, 0.25) is 5.28 Å². The number of nitrogens with one attached hydrogen (secondary N) is 1. The summed E-state index contributed by atoms with van der Waals surface area (Å²) in [7, 11) is 0. The first-order chi connectivity index (χ1) is 8.08. The molecule has 0 bridgehead atoms. The van der Waals surface area contributed by atoms with Crippen molar-refractivity contribution < 1.29 is 14.3 Å². The molecule has 1 heterocycles. The molecular formula is C10H11ClFN3O2. The molecule has 1 aliphatic carbocycles. The molecule has 1 fully saturated rings. The minimum absolute atomic E-state index is 0.0387. The quantitative estimate of drug-likeness (QED) is 0.812. The van der Waals surface area contributed by atoms with Crippen LogP contribution in [0.15, 0.2) is 6.20 Å². The maximum absolute atomic E-state index is 13.4. The third kappa shape index (κ3) is 2.63. The first-order valence-electron chi connectivity index (χ1n) is 5.25. The number of hydrogen-bond acceptors (Lipinski definition) is 4. The van der Waals surface area contributed by atoms with E-state index in [1.807, 2.05) is 0 Å². The smallest absolute Gasteiger partial charge is 0.308 e. The Labute approximate surface area is 102 Å². The lowest BCUT2D eigenvalue weighted by Crippen LogP contribution is -2.30. The molecule has 1 aliphatic rings. The Morgan fingerprint density at radius 3 is 3.06 bits per heavy atom. The van der Waals surface area contributed by atoms with E-state index in [1.54, 1.807) is 0 Å². The van der Waals surface area contributed by atoms with E-state index in [2.05, 4.69) is 15.3 Å². The van der Waals surface area contributed by atoms with Gasteiger partial charge in [-0.2, -0.15) is 4.98 Å². The molecule has 0 radical (unpaired) electrons. The Morgan fingerprint density at radius 2 is 2.35 bits per heavy atom. The van der Waals surface area contributed by atoms with E-state index >= 15 is 0 Å². The molecule has 0 saturated heterocycles. The molecular weight excluding hydrogens is 249 g/mol. The van der Waals surface area contributed by atoms with Crippen LogP contribution in [-0.4, -0.2) is 27.1 Å². The topological polar surface area (TPSA) is 75.1 Å². The van der Waals surface area contributed by atoms with E-state index in [0.717, 1.165) is 12.6 Å². The lowest BCUT2D eigenvalue weighted by molar-refractivity contribution is -0.141. The third-order valence-corrected chi connectivity index (χ3v) is 3.05. The van der Waals surface area contributed by atoms with E-state index in [0.29, 0.717) is 12.8 Å². The zero-order valence-electron chi connectivity index (χ0n) is 8.86. The number of carboxylic acids is 1. The Bertz CT molecular complexity index is 444. The van der Waals surface area contributed by atoms with Crippen LogP contribution >= 0.6 is 11.6 Å². The van der Waals surface area contributed by atoms with Gasteiger partial charge in [0.15, 0.2) is 11.6 Å². The summed E-state index contributed by atoms with van der Waals surface area (Å²) in [5, 5.41) is 11.7. The minimum atomic E-state index is -0.874. The first kappa shape index (κ1) is 12.0. The summed E-state index contributed by atoms with van der Waals surface area (Å²) in [4.78, 5) is 18.2. The van der Waals surface area contributed by atoms with Crippen LogP contribution in [0.25, 0.3) is 0 Å². The first-order valence-corrected chi connectivity index (χ1v) is 5.63. The van der Waals surface area contributed by atoms with Crippen LogP contribution in [0.1, 0.15) is 19.3 Å². The summed E-state index contributed by atoms with van der Waals surface area (Å²) in [5.74, 6) is -2.06. The zero-order valence-corrected chi connectivity index (χ0v) is 9.62. The number of hydrogen-bond donors (Lipinski definition) is 2. The Kier molecular flexibility index (Phi) is 3.42. The maximum Gasteiger partial charge on any atom is 0.308 e. The van der Waals surface area contributed by atoms with Gasteiger partial charge in [0.05, 0.1) is 12.1 Å². The Hall–Kier alpha value is -1.43. The maximum atomic E-state index is 13.4. The molecule has 17 heavy (non-hydrogen) atoms. The Morgan fingerprint density at radius 1 is 1.59 bits per heavy atom. The van der Waals surface area contributed by atoms with Gasteiger partial charge in [-0.25, -0.2) is 9.37 Å². The second-order valence-electron chi connectivity index (χ2n) is 3.96. The van der Waals surface area contributed by atoms with Crippen molar-refractivity contribution in [1.82, 2.24) is 9.97 Å². The lowest BCUT2D eigenvalue weighted by Gasteiger charge is -2.18. The van der Waals surface area contributed by atoms with Crippen LogP contribution in [0.5, 0.6) is 0 Å². The van der Waals surface area contributed by atoms with E-state index in [9.17, 15) is 9.18 Å². The molecule has 0 unspecified atom stereocenters. The van der Waals surface area contributed by atoms with Crippen LogP contribution in [0, 0.1) is 11.7 Å². The molecule has 2 rings (SSSR count). The molecule has 0 amide bonds. The van der Waals surface area contributed by atoms with Crippen molar-refractivity contribution in [2.24, 2.45) is 5.92 Å². The van der Waals surface area contributed by atoms with Crippen LogP contribution in [0.2, 0.25) is 5.28 Å². The van der Waals surface area contributed by atoms with Crippen LogP contribution < -0.4 is 5.32 Å². The summed E-state index contributed by atoms with van der Waals surface area (Å²) in [6.07, 6.45) is 3.03. The molecule has 92 valence electrons. The average Bonchev–Trinajstić information content (AvgIpc) is 2.71. The van der Waals surface area contributed by atoms with Crippen molar-refractivity contribution in [3.63, 3.8) is 0 Å². The minimum Gasteiger partial charge on any atom is -0.481 e. The van der Waals surface area contributed by atoms with Gasteiger partial charge in [0.25, 0.3) is 0 Å². The van der Waals surface area contributed by atoms with Gasteiger partial charge in [-0.05, 0) is 24.4 Å². The van der Waals surface area contributed by atoms with Crippen molar-refractivity contribution in [2.45, 2.75) is 25.3 Å². The Balaban J connectivity index is 2.15. The largest absolute Gasteiger partial charge is 0.481 e. The molecule has 1 saturated carbocycles. The van der Waals surface area contributed by atoms with Gasteiger partial charge >= 0.3 is 5.97 Å². The molecule has 0 aliphatic heterocycles. The van der Waals surface area contributed by atoms with Crippen molar-refractivity contribution in [3.05, 3.63) is 17.3 Å². The van der Waals surface area contributed by atoms with Gasteiger partial charge in [-0.3, -0.25) is 4.79 Å². The second-order valence-corrected chi connectivity index (χ2v) is 4.30. The van der Waals surface area contributed by atoms with E-state index in [1.165, 1.54) is 0 Å². The molecule has 5 nitrogen and oxygen atoms in total. The highest BCUT2D eigenvalue weighted by Crippen LogP contribution is 2.29. The highest BCUT2D eigenvalue weighted by atomic mass is 35.5. The van der Waals surface area contributed by atoms with E-state index in [-0.39, 0.29) is 17.1 Å². The van der Waals surface area contributed by atoms with Crippen LogP contribution in [0.3, 0.4) is 0 Å². The van der Waals surface area contributed by atoms with Crippen LogP contribution in [0.4, 0.5) is 10.2 Å². The summed E-state index contributed by atoms with van der Waals surface area (Å²) in [6.45, 7) is 0. The SMILES string of the molecule is O=C(O)[C@H]1CCC[C@H]1Nc1nc(Cl)ncc1F. The monoisotopic (exact) mass is 259 g/mol. The number of rotatable bonds is 3. The molecule has 2 N–H and O–H groups in total. The van der Waals surface area contributed by atoms with E-state index < -0.39 is 17.7 Å². The van der Waals surface area contributed by atoms with Crippen molar-refractivity contribution >= 4 is 23.4 Å². The average molecular weight is 260 g/mol. The molecule has 1 aromatic heterocycles. The standard InChI is InChI=1S/C10H11ClFN3O2/c11-10-13-4-6(12)8(15-10)14-7-3-1-2-5(7)9(16)17/h4-5,7H,1-3H2,(H,16,17)(H,13,14,15)/t5-,7+/m0/s1. The van der Waals surface area contributed by atoms with Crippen molar-refractivity contribution in [3.8, 4) is 0 Å².